The molecule has 4 heteroatoms. The maximum absolute atomic E-state index is 13.0. The van der Waals surface area contributed by atoms with Gasteiger partial charge in [0, 0.05) is 23.2 Å². The molecular formula is C20H22N2OS. The van der Waals surface area contributed by atoms with E-state index in [0.717, 1.165) is 30.0 Å². The van der Waals surface area contributed by atoms with Gasteiger partial charge in [0.15, 0.2) is 0 Å². The Kier molecular flexibility index (Phi) is 4.23. The van der Waals surface area contributed by atoms with Gasteiger partial charge in [0.05, 0.1) is 0 Å². The summed E-state index contributed by atoms with van der Waals surface area (Å²) in [5, 5.41) is 2.83. The summed E-state index contributed by atoms with van der Waals surface area (Å²) in [6, 6.07) is 8.31. The van der Waals surface area contributed by atoms with Crippen LogP contribution in [0.4, 0.5) is 0 Å². The third-order valence-electron chi connectivity index (χ3n) is 5.04. The van der Waals surface area contributed by atoms with Gasteiger partial charge in [-0.1, -0.05) is 35.9 Å². The lowest BCUT2D eigenvalue weighted by molar-refractivity contribution is 0.0744. The van der Waals surface area contributed by atoms with Crippen LogP contribution >= 0.6 is 11.3 Å². The van der Waals surface area contributed by atoms with E-state index in [1.54, 1.807) is 11.3 Å². The van der Waals surface area contributed by atoms with Crippen molar-refractivity contribution >= 4 is 17.2 Å². The summed E-state index contributed by atoms with van der Waals surface area (Å²) in [5.74, 6) is 0.647. The minimum atomic E-state index is 0.0717. The van der Waals surface area contributed by atoms with Gasteiger partial charge in [0.25, 0.3) is 5.91 Å². The smallest absolute Gasteiger partial charge is 0.277 e. The summed E-state index contributed by atoms with van der Waals surface area (Å²) in [4.78, 5) is 19.6. The van der Waals surface area contributed by atoms with Crippen molar-refractivity contribution in [3.05, 3.63) is 52.7 Å². The molecule has 4 rings (SSSR count). The molecule has 1 aromatic heterocycles. The topological polar surface area (TPSA) is 33.2 Å². The van der Waals surface area contributed by atoms with Crippen LogP contribution in [0.5, 0.6) is 0 Å². The first-order chi connectivity index (χ1) is 11.7. The predicted molar refractivity (Wildman–Crippen MR) is 98.0 cm³/mol. The van der Waals surface area contributed by atoms with E-state index in [4.69, 9.17) is 0 Å². The van der Waals surface area contributed by atoms with Crippen LogP contribution < -0.4 is 0 Å². The van der Waals surface area contributed by atoms with Crippen LogP contribution in [0.2, 0.25) is 0 Å². The zero-order valence-corrected chi connectivity index (χ0v) is 14.8. The van der Waals surface area contributed by atoms with Gasteiger partial charge in [-0.3, -0.25) is 4.79 Å². The Morgan fingerprint density at radius 1 is 1.21 bits per heavy atom. The molecular weight excluding hydrogens is 316 g/mol. The first kappa shape index (κ1) is 15.6. The number of amides is 1. The van der Waals surface area contributed by atoms with Crippen molar-refractivity contribution in [1.82, 2.24) is 9.88 Å². The molecule has 1 unspecified atom stereocenters. The molecule has 0 bridgehead atoms. The van der Waals surface area contributed by atoms with Gasteiger partial charge in [-0.25, -0.2) is 4.98 Å². The quantitative estimate of drug-likeness (QED) is 0.768. The van der Waals surface area contributed by atoms with Crippen LogP contribution in [0.15, 0.2) is 41.4 Å². The third-order valence-corrected chi connectivity index (χ3v) is 5.93. The zero-order chi connectivity index (χ0) is 16.5. The number of allylic oxidation sites excluding steroid dienone is 2. The molecule has 1 amide bonds. The number of carbonyl (C=O) groups excluding carboxylic acids is 1. The summed E-state index contributed by atoms with van der Waals surface area (Å²) in [6.45, 7) is 2.91. The maximum atomic E-state index is 13.0. The van der Waals surface area contributed by atoms with E-state index < -0.39 is 0 Å². The van der Waals surface area contributed by atoms with Crippen LogP contribution in [0, 0.1) is 12.8 Å². The Hall–Kier alpha value is -1.94. The Bertz CT molecular complexity index is 775. The van der Waals surface area contributed by atoms with Gasteiger partial charge in [-0.2, -0.15) is 0 Å². The van der Waals surface area contributed by atoms with Gasteiger partial charge in [0.1, 0.15) is 10.7 Å². The summed E-state index contributed by atoms with van der Waals surface area (Å²) in [7, 11) is 0. The van der Waals surface area contributed by atoms with Crippen molar-refractivity contribution in [2.75, 3.05) is 6.54 Å². The van der Waals surface area contributed by atoms with E-state index in [0.29, 0.717) is 11.6 Å². The van der Waals surface area contributed by atoms with Crippen molar-refractivity contribution in [3.8, 4) is 10.6 Å². The number of rotatable bonds is 2. The van der Waals surface area contributed by atoms with Crippen molar-refractivity contribution < 1.29 is 4.79 Å². The van der Waals surface area contributed by atoms with Crippen molar-refractivity contribution in [2.24, 2.45) is 5.92 Å². The molecule has 1 aliphatic carbocycles. The Balaban J connectivity index is 1.58. The number of nitrogens with zero attached hydrogens (tertiary/aromatic N) is 2. The van der Waals surface area contributed by atoms with Crippen LogP contribution in [-0.4, -0.2) is 22.3 Å². The van der Waals surface area contributed by atoms with Crippen LogP contribution in [0.25, 0.3) is 10.6 Å². The fourth-order valence-electron chi connectivity index (χ4n) is 3.73. The van der Waals surface area contributed by atoms with Gasteiger partial charge in [-0.05, 0) is 44.9 Å². The first-order valence-electron chi connectivity index (χ1n) is 8.77. The Morgan fingerprint density at radius 3 is 2.83 bits per heavy atom. The molecule has 0 spiro atoms. The number of carbonyl (C=O) groups is 1. The maximum Gasteiger partial charge on any atom is 0.277 e. The predicted octanol–water partition coefficient (Wildman–Crippen LogP) is 5.04. The normalized spacial score (nSPS) is 20.5. The highest BCUT2D eigenvalue weighted by molar-refractivity contribution is 7.13. The lowest BCUT2D eigenvalue weighted by Crippen LogP contribution is -2.39. The Morgan fingerprint density at radius 2 is 2.00 bits per heavy atom. The molecule has 2 aliphatic rings. The number of fused-ring (bicyclic) bond motifs is 1. The van der Waals surface area contributed by atoms with Crippen molar-refractivity contribution in [1.29, 1.82) is 0 Å². The molecule has 1 saturated heterocycles. The highest BCUT2D eigenvalue weighted by Crippen LogP contribution is 2.36. The highest BCUT2D eigenvalue weighted by atomic mass is 32.1. The average molecular weight is 338 g/mol. The number of benzene rings is 1. The van der Waals surface area contributed by atoms with Crippen LogP contribution in [0.1, 0.15) is 48.2 Å². The third kappa shape index (κ3) is 2.91. The van der Waals surface area contributed by atoms with Crippen molar-refractivity contribution in [2.45, 2.75) is 39.0 Å². The fraction of sp³-hybridized carbons (Fsp3) is 0.400. The van der Waals surface area contributed by atoms with E-state index >= 15 is 0 Å². The number of likely N-dealkylation sites (tertiary alicyclic amines) is 1. The minimum absolute atomic E-state index is 0.0717. The van der Waals surface area contributed by atoms with E-state index in [9.17, 15) is 4.79 Å². The van der Waals surface area contributed by atoms with Gasteiger partial charge in [0.2, 0.25) is 0 Å². The molecule has 2 aromatic rings. The average Bonchev–Trinajstić information content (AvgIpc) is 3.11. The summed E-state index contributed by atoms with van der Waals surface area (Å²) >= 11 is 1.55. The second-order valence-corrected chi connectivity index (χ2v) is 7.62. The number of piperidine rings is 1. The molecule has 24 heavy (non-hydrogen) atoms. The highest BCUT2D eigenvalue weighted by Gasteiger charge is 2.31. The van der Waals surface area contributed by atoms with Crippen LogP contribution in [-0.2, 0) is 0 Å². The van der Waals surface area contributed by atoms with E-state index in [1.165, 1.54) is 30.5 Å². The summed E-state index contributed by atoms with van der Waals surface area (Å²) < 4.78 is 0. The molecule has 124 valence electrons. The molecule has 0 saturated carbocycles. The number of thiazole rings is 1. The van der Waals surface area contributed by atoms with E-state index in [2.05, 4.69) is 42.2 Å². The van der Waals surface area contributed by atoms with Gasteiger partial charge >= 0.3 is 0 Å². The SMILES string of the molecule is Cc1ccc(-c2nc(C(=O)N3CCCC4CCCC=C43)cs2)cc1. The van der Waals surface area contributed by atoms with Gasteiger partial charge in [-0.15, -0.1) is 11.3 Å². The number of hydrogen-bond acceptors (Lipinski definition) is 3. The van der Waals surface area contributed by atoms with Crippen molar-refractivity contribution in [3.63, 3.8) is 0 Å². The minimum Gasteiger partial charge on any atom is -0.311 e. The van der Waals surface area contributed by atoms with Gasteiger partial charge < -0.3 is 4.90 Å². The summed E-state index contributed by atoms with van der Waals surface area (Å²) in [5.41, 5.74) is 4.15. The number of hydrogen-bond donors (Lipinski definition) is 0. The second kappa shape index (κ2) is 6.52. The van der Waals surface area contributed by atoms with E-state index in [-0.39, 0.29) is 5.91 Å². The molecule has 1 atom stereocenters. The first-order valence-corrected chi connectivity index (χ1v) is 9.65. The number of aromatic nitrogens is 1. The molecule has 1 aliphatic heterocycles. The molecule has 1 aromatic carbocycles. The van der Waals surface area contributed by atoms with Crippen LogP contribution in [0.3, 0.4) is 0 Å². The largest absolute Gasteiger partial charge is 0.311 e. The standard InChI is InChI=1S/C20H22N2OS/c1-14-8-10-16(11-9-14)19-21-17(13-24-19)20(23)22-12-4-6-15-5-2-3-7-18(15)22/h7-11,13,15H,2-6,12H2,1H3. The lowest BCUT2D eigenvalue weighted by atomic mass is 9.85. The second-order valence-electron chi connectivity index (χ2n) is 6.76. The molecule has 0 radical (unpaired) electrons. The lowest BCUT2D eigenvalue weighted by Gasteiger charge is -2.37. The summed E-state index contributed by atoms with van der Waals surface area (Å²) in [6.07, 6.45) is 8.18. The zero-order valence-electron chi connectivity index (χ0n) is 14.0. The Labute approximate surface area is 147 Å². The molecule has 3 nitrogen and oxygen atoms in total. The fourth-order valence-corrected chi connectivity index (χ4v) is 4.53. The monoisotopic (exact) mass is 338 g/mol. The molecule has 0 N–H and O–H groups in total. The molecule has 1 fully saturated rings. The number of aryl methyl sites for hydroxylation is 1. The molecule has 2 heterocycles. The van der Waals surface area contributed by atoms with E-state index in [1.807, 2.05) is 10.3 Å².